The number of hydrogen-bond donors (Lipinski definition) is 3. The number of carbonyl (C=O) groups is 1. The molecule has 6 rings (SSSR count). The Labute approximate surface area is 302 Å². The summed E-state index contributed by atoms with van der Waals surface area (Å²) in [6.45, 7) is 5.68. The van der Waals surface area contributed by atoms with Gasteiger partial charge in [-0.25, -0.2) is 0 Å². The fraction of sp³-hybridized carbons (Fsp3) is 0.561. The van der Waals surface area contributed by atoms with Crippen LogP contribution in [-0.2, 0) is 21.6 Å². The quantitative estimate of drug-likeness (QED) is 0.112. The normalized spacial score (nSPS) is 18.4. The first-order valence-corrected chi connectivity index (χ1v) is 19.1. The predicted molar refractivity (Wildman–Crippen MR) is 197 cm³/mol. The molecule has 0 bridgehead atoms. The lowest BCUT2D eigenvalue weighted by Crippen LogP contribution is -2.43. The fourth-order valence-corrected chi connectivity index (χ4v) is 7.39. The Morgan fingerprint density at radius 1 is 1.06 bits per heavy atom. The van der Waals surface area contributed by atoms with Gasteiger partial charge in [-0.1, -0.05) is 48.9 Å². The van der Waals surface area contributed by atoms with Gasteiger partial charge < -0.3 is 29.9 Å². The van der Waals surface area contributed by atoms with Gasteiger partial charge >= 0.3 is 0 Å². The minimum absolute atomic E-state index is 0.0740. The monoisotopic (exact) mass is 703 g/mol. The molecule has 3 N–H and O–H groups in total. The molecule has 2 aliphatic carbocycles. The molecule has 270 valence electrons. The maximum atomic E-state index is 13.3. The smallest absolute Gasteiger partial charge is 0.251 e. The highest BCUT2D eigenvalue weighted by Gasteiger charge is 2.46. The number of ether oxygens (including phenoxy) is 2. The summed E-state index contributed by atoms with van der Waals surface area (Å²) in [5.41, 5.74) is 5.62. The molecular weight excluding hydrogens is 650 g/mol. The number of carbonyl (C=O) groups excluding carboxylic acids is 1. The van der Waals surface area contributed by atoms with Crippen molar-refractivity contribution >= 4 is 17.5 Å². The van der Waals surface area contributed by atoms with Gasteiger partial charge in [-0.3, -0.25) is 9.78 Å². The lowest BCUT2D eigenvalue weighted by atomic mass is 9.93. The predicted octanol–water partition coefficient (Wildman–Crippen LogP) is 7.38. The van der Waals surface area contributed by atoms with Crippen molar-refractivity contribution in [2.75, 3.05) is 32.9 Å². The number of hydrogen-bond acceptors (Lipinski definition) is 7. The summed E-state index contributed by atoms with van der Waals surface area (Å²) >= 11 is 6.79. The number of aliphatic hydroxyl groups excluding tert-OH is 2. The van der Waals surface area contributed by atoms with Crippen molar-refractivity contribution in [1.29, 1.82) is 0 Å². The Hall–Kier alpha value is -3.01. The summed E-state index contributed by atoms with van der Waals surface area (Å²) in [4.78, 5) is 19.7. The summed E-state index contributed by atoms with van der Waals surface area (Å²) in [6, 6.07) is 16.8. The number of unbranched alkanes of at least 4 members (excludes halogenated alkanes) is 1. The van der Waals surface area contributed by atoms with Crippen LogP contribution in [0.3, 0.4) is 0 Å². The molecule has 0 spiro atoms. The lowest BCUT2D eigenvalue weighted by Gasteiger charge is -2.31. The Morgan fingerprint density at radius 3 is 2.62 bits per heavy atom. The molecule has 0 radical (unpaired) electrons. The standard InChI is InChI=1S/C41H54ClN3O5/c1-29(7-6-21-45(28-30-16-23-49-24-17-30)40(48)38(47)9-4-5-22-46)31-11-14-37(42)32(25-31)26-44-41(18-19-41)36-27-43-20-15-34(36)35-8-2-3-10-39(35)50-33-12-13-33/h2-3,8,10-11,14-15,20,25,27,29-30,33,38,44,46-47H,4-7,9,12-13,16-19,21-24,26,28H2,1H3. The largest absolute Gasteiger partial charge is 0.490 e. The number of nitrogens with zero attached hydrogens (tertiary/aromatic N) is 2. The maximum Gasteiger partial charge on any atom is 0.251 e. The zero-order valence-electron chi connectivity index (χ0n) is 29.5. The highest BCUT2D eigenvalue weighted by molar-refractivity contribution is 6.31. The third-order valence-corrected chi connectivity index (χ3v) is 11.1. The molecule has 3 aliphatic rings. The highest BCUT2D eigenvalue weighted by atomic mass is 35.5. The maximum absolute atomic E-state index is 13.3. The summed E-state index contributed by atoms with van der Waals surface area (Å²) in [5.74, 6) is 1.42. The van der Waals surface area contributed by atoms with Crippen molar-refractivity contribution in [2.24, 2.45) is 5.92 Å². The van der Waals surface area contributed by atoms with Gasteiger partial charge in [0.15, 0.2) is 0 Å². The Balaban J connectivity index is 1.08. The zero-order chi connectivity index (χ0) is 34.9. The molecule has 9 heteroatoms. The number of para-hydroxylation sites is 1. The number of aliphatic hydroxyl groups is 2. The molecule has 1 saturated heterocycles. The number of halogens is 1. The third kappa shape index (κ3) is 9.65. The highest BCUT2D eigenvalue weighted by Crippen LogP contribution is 2.50. The Kier molecular flexibility index (Phi) is 12.8. The molecule has 50 heavy (non-hydrogen) atoms. The first kappa shape index (κ1) is 36.8. The summed E-state index contributed by atoms with van der Waals surface area (Å²) in [7, 11) is 0. The van der Waals surface area contributed by atoms with Crippen LogP contribution in [0.15, 0.2) is 60.9 Å². The van der Waals surface area contributed by atoms with E-state index in [2.05, 4.69) is 53.6 Å². The average molecular weight is 704 g/mol. The molecule has 3 aromatic rings. The van der Waals surface area contributed by atoms with Gasteiger partial charge in [-0.15, -0.1) is 0 Å². The number of benzene rings is 2. The van der Waals surface area contributed by atoms with Gasteiger partial charge in [-0.2, -0.15) is 0 Å². The molecule has 3 fully saturated rings. The second-order valence-electron chi connectivity index (χ2n) is 14.6. The average Bonchev–Trinajstić information content (AvgIpc) is 4.09. The third-order valence-electron chi connectivity index (χ3n) is 10.7. The zero-order valence-corrected chi connectivity index (χ0v) is 30.3. The number of aromatic nitrogens is 1. The van der Waals surface area contributed by atoms with Crippen LogP contribution < -0.4 is 10.1 Å². The summed E-state index contributed by atoms with van der Waals surface area (Å²) < 4.78 is 11.8. The van der Waals surface area contributed by atoms with E-state index in [1.165, 1.54) is 11.1 Å². The van der Waals surface area contributed by atoms with Crippen LogP contribution in [-0.4, -0.2) is 71.1 Å². The van der Waals surface area contributed by atoms with Crippen molar-refractivity contribution in [2.45, 2.75) is 108 Å². The van der Waals surface area contributed by atoms with E-state index in [0.717, 1.165) is 92.0 Å². The molecule has 8 nitrogen and oxygen atoms in total. The van der Waals surface area contributed by atoms with Gasteiger partial charge in [0.2, 0.25) is 0 Å². The summed E-state index contributed by atoms with van der Waals surface area (Å²) in [5, 5.41) is 24.4. The van der Waals surface area contributed by atoms with Crippen molar-refractivity contribution in [3.8, 4) is 16.9 Å². The molecule has 2 unspecified atom stereocenters. The van der Waals surface area contributed by atoms with Gasteiger partial charge in [0.25, 0.3) is 5.91 Å². The van der Waals surface area contributed by atoms with E-state index in [-0.39, 0.29) is 24.0 Å². The van der Waals surface area contributed by atoms with Crippen LogP contribution in [0.1, 0.15) is 100 Å². The molecule has 1 aliphatic heterocycles. The Morgan fingerprint density at radius 2 is 1.86 bits per heavy atom. The molecule has 1 aromatic heterocycles. The van der Waals surface area contributed by atoms with Crippen LogP contribution in [0.25, 0.3) is 11.1 Å². The topological polar surface area (TPSA) is 104 Å². The Bertz CT molecular complexity index is 1550. The van der Waals surface area contributed by atoms with Crippen molar-refractivity contribution in [3.05, 3.63) is 82.6 Å². The number of amides is 1. The number of rotatable bonds is 19. The molecular formula is C41H54ClN3O5. The van der Waals surface area contributed by atoms with Gasteiger partial charge in [0.05, 0.1) is 6.10 Å². The summed E-state index contributed by atoms with van der Waals surface area (Å²) in [6.07, 6.45) is 12.7. The fourth-order valence-electron chi connectivity index (χ4n) is 7.21. The molecule has 2 saturated carbocycles. The molecule has 2 aromatic carbocycles. The second-order valence-corrected chi connectivity index (χ2v) is 15.0. The SMILES string of the molecule is CC(CCCN(CC1CCOCC1)C(=O)C(O)CCCCO)c1ccc(Cl)c(CNC2(c3cnccc3-c3ccccc3OC3CC3)CC2)c1. The minimum Gasteiger partial charge on any atom is -0.490 e. The van der Waals surface area contributed by atoms with Crippen molar-refractivity contribution in [1.82, 2.24) is 15.2 Å². The number of pyridine rings is 1. The molecule has 2 heterocycles. The molecule has 2 atom stereocenters. The van der Waals surface area contributed by atoms with E-state index in [9.17, 15) is 9.90 Å². The van der Waals surface area contributed by atoms with Crippen LogP contribution in [0.4, 0.5) is 0 Å². The van der Waals surface area contributed by atoms with E-state index >= 15 is 0 Å². The van der Waals surface area contributed by atoms with Gasteiger partial charge in [0, 0.05) is 68.0 Å². The van der Waals surface area contributed by atoms with Gasteiger partial charge in [-0.05, 0) is 123 Å². The van der Waals surface area contributed by atoms with Crippen molar-refractivity contribution < 1.29 is 24.5 Å². The minimum atomic E-state index is -1.02. The second kappa shape index (κ2) is 17.5. The van der Waals surface area contributed by atoms with Crippen LogP contribution in [0, 0.1) is 5.92 Å². The lowest BCUT2D eigenvalue weighted by molar-refractivity contribution is -0.141. The van der Waals surface area contributed by atoms with Crippen LogP contribution in [0.2, 0.25) is 5.02 Å². The van der Waals surface area contributed by atoms with E-state index in [1.807, 2.05) is 29.4 Å². The number of nitrogens with one attached hydrogen (secondary N) is 1. The molecule has 1 amide bonds. The van der Waals surface area contributed by atoms with Gasteiger partial charge in [0.1, 0.15) is 11.9 Å². The van der Waals surface area contributed by atoms with E-state index in [4.69, 9.17) is 26.2 Å². The van der Waals surface area contributed by atoms with Crippen molar-refractivity contribution in [3.63, 3.8) is 0 Å². The van der Waals surface area contributed by atoms with Crippen LogP contribution >= 0.6 is 11.6 Å². The van der Waals surface area contributed by atoms with E-state index in [0.29, 0.717) is 50.9 Å². The van der Waals surface area contributed by atoms with E-state index in [1.54, 1.807) is 0 Å². The van der Waals surface area contributed by atoms with Crippen LogP contribution in [0.5, 0.6) is 5.75 Å². The van der Waals surface area contributed by atoms with E-state index < -0.39 is 6.10 Å². The first-order chi connectivity index (χ1) is 24.4. The first-order valence-electron chi connectivity index (χ1n) is 18.8.